The van der Waals surface area contributed by atoms with Gasteiger partial charge in [-0.2, -0.15) is 0 Å². The van der Waals surface area contributed by atoms with Gasteiger partial charge >= 0.3 is 0 Å². The lowest BCUT2D eigenvalue weighted by Gasteiger charge is -2.26. The predicted octanol–water partition coefficient (Wildman–Crippen LogP) is 1.39. The molecular weight excluding hydrogens is 278 g/mol. The van der Waals surface area contributed by atoms with Crippen LogP contribution in [0.4, 0.5) is 5.69 Å². The smallest absolute Gasteiger partial charge is 0.228 e. The molecule has 110 valence electrons. The minimum atomic E-state index is -0.466. The number of amides is 2. The molecule has 0 radical (unpaired) electrons. The van der Waals surface area contributed by atoms with Gasteiger partial charge in [0.15, 0.2) is 0 Å². The molecule has 1 aliphatic heterocycles. The highest BCUT2D eigenvalue weighted by molar-refractivity contribution is 6.01. The van der Waals surface area contributed by atoms with E-state index >= 15 is 0 Å². The van der Waals surface area contributed by atoms with Crippen molar-refractivity contribution in [2.24, 2.45) is 5.73 Å². The second-order valence-electron chi connectivity index (χ2n) is 5.60. The molecule has 2 rings (SSSR count). The van der Waals surface area contributed by atoms with Crippen molar-refractivity contribution >= 4 is 29.9 Å². The molecule has 1 aromatic rings. The largest absolute Gasteiger partial charge is 0.354 e. The fraction of sp³-hybridized carbons (Fsp3) is 0.429. The second-order valence-corrected chi connectivity index (χ2v) is 5.60. The molecule has 0 fully saturated rings. The summed E-state index contributed by atoms with van der Waals surface area (Å²) in [5.74, 6) is -0.723. The van der Waals surface area contributed by atoms with Gasteiger partial charge < -0.3 is 16.4 Å². The van der Waals surface area contributed by atoms with E-state index in [1.807, 2.05) is 32.0 Å². The van der Waals surface area contributed by atoms with Crippen LogP contribution in [0.15, 0.2) is 24.3 Å². The van der Waals surface area contributed by atoms with Crippen molar-refractivity contribution in [2.45, 2.75) is 31.7 Å². The molecule has 0 saturated carbocycles. The number of nitrogens with two attached hydrogens (primary N) is 1. The van der Waals surface area contributed by atoms with Crippen molar-refractivity contribution in [1.82, 2.24) is 5.32 Å². The van der Waals surface area contributed by atoms with Crippen molar-refractivity contribution in [3.8, 4) is 0 Å². The summed E-state index contributed by atoms with van der Waals surface area (Å²) < 4.78 is 0. The predicted molar refractivity (Wildman–Crippen MR) is 81.0 cm³/mol. The fourth-order valence-corrected chi connectivity index (χ4v) is 2.08. The summed E-state index contributed by atoms with van der Waals surface area (Å²) in [5.41, 5.74) is 6.94. The Morgan fingerprint density at radius 2 is 2.10 bits per heavy atom. The quantitative estimate of drug-likeness (QED) is 0.788. The number of carbonyl (C=O) groups is 2. The fourth-order valence-electron chi connectivity index (χ4n) is 2.08. The Balaban J connectivity index is 0.00000200. The van der Waals surface area contributed by atoms with Crippen LogP contribution >= 0.6 is 12.4 Å². The van der Waals surface area contributed by atoms with E-state index in [-0.39, 0.29) is 30.6 Å². The van der Waals surface area contributed by atoms with E-state index in [0.29, 0.717) is 12.2 Å². The number of anilines is 1. The van der Waals surface area contributed by atoms with Crippen LogP contribution in [0.3, 0.4) is 0 Å². The number of fused-ring (bicyclic) bond motifs is 1. The molecular formula is C14H20ClN3O2. The van der Waals surface area contributed by atoms with Gasteiger partial charge in [-0.25, -0.2) is 0 Å². The third-order valence-corrected chi connectivity index (χ3v) is 3.03. The van der Waals surface area contributed by atoms with Gasteiger partial charge in [0, 0.05) is 24.2 Å². The van der Waals surface area contributed by atoms with Gasteiger partial charge in [0.25, 0.3) is 0 Å². The molecule has 1 unspecified atom stereocenters. The lowest BCUT2D eigenvalue weighted by molar-refractivity contribution is -0.126. The van der Waals surface area contributed by atoms with E-state index in [9.17, 15) is 9.59 Å². The van der Waals surface area contributed by atoms with Gasteiger partial charge in [-0.1, -0.05) is 18.2 Å². The molecule has 1 aromatic carbocycles. The van der Waals surface area contributed by atoms with E-state index in [0.717, 1.165) is 5.56 Å². The number of benzene rings is 1. The number of halogens is 1. The van der Waals surface area contributed by atoms with Gasteiger partial charge in [0.1, 0.15) is 0 Å². The van der Waals surface area contributed by atoms with Crippen LogP contribution in [0.2, 0.25) is 0 Å². The minimum Gasteiger partial charge on any atom is -0.354 e. The number of nitrogens with one attached hydrogen (secondary N) is 2. The molecule has 4 N–H and O–H groups in total. The zero-order valence-electron chi connectivity index (χ0n) is 11.6. The first-order valence-electron chi connectivity index (χ1n) is 6.32. The Morgan fingerprint density at radius 3 is 2.75 bits per heavy atom. The first-order valence-corrected chi connectivity index (χ1v) is 6.32. The molecule has 20 heavy (non-hydrogen) atoms. The van der Waals surface area contributed by atoms with Gasteiger partial charge in [-0.05, 0) is 25.5 Å². The van der Waals surface area contributed by atoms with Crippen molar-refractivity contribution in [3.63, 3.8) is 0 Å². The highest BCUT2D eigenvalue weighted by Gasteiger charge is 2.30. The summed E-state index contributed by atoms with van der Waals surface area (Å²) in [4.78, 5) is 23.8. The maximum Gasteiger partial charge on any atom is 0.228 e. The number of carbonyl (C=O) groups excluding carboxylic acids is 2. The number of hydrogen-bond donors (Lipinski definition) is 3. The first kappa shape index (κ1) is 16.5. The topological polar surface area (TPSA) is 84.2 Å². The molecule has 2 amide bonds. The second kappa shape index (κ2) is 6.24. The summed E-state index contributed by atoms with van der Waals surface area (Å²) in [7, 11) is 0. The van der Waals surface area contributed by atoms with E-state index in [2.05, 4.69) is 10.6 Å². The van der Waals surface area contributed by atoms with Crippen molar-refractivity contribution in [1.29, 1.82) is 0 Å². The zero-order valence-corrected chi connectivity index (χ0v) is 12.4. The maximum atomic E-state index is 12.2. The molecule has 1 atom stereocenters. The monoisotopic (exact) mass is 297 g/mol. The Kier molecular flexibility index (Phi) is 5.14. The number of para-hydroxylation sites is 1. The molecule has 0 bridgehead atoms. The summed E-state index contributed by atoms with van der Waals surface area (Å²) in [6.07, 6.45) is 0.174. The molecule has 5 nitrogen and oxygen atoms in total. The Labute approximate surface area is 124 Å². The van der Waals surface area contributed by atoms with Crippen LogP contribution in [0.25, 0.3) is 0 Å². The van der Waals surface area contributed by atoms with Gasteiger partial charge in [-0.3, -0.25) is 9.59 Å². The van der Waals surface area contributed by atoms with E-state index in [1.54, 1.807) is 6.07 Å². The third kappa shape index (κ3) is 3.95. The lowest BCUT2D eigenvalue weighted by atomic mass is 9.89. The van der Waals surface area contributed by atoms with Crippen molar-refractivity contribution < 1.29 is 9.59 Å². The Hall–Kier alpha value is -1.59. The van der Waals surface area contributed by atoms with Crippen LogP contribution in [-0.2, 0) is 9.59 Å². The van der Waals surface area contributed by atoms with Crippen molar-refractivity contribution in [2.75, 3.05) is 11.9 Å². The van der Waals surface area contributed by atoms with Gasteiger partial charge in [-0.15, -0.1) is 12.4 Å². The standard InChI is InChI=1S/C14H19N3O2.ClH/c1-14(2,15)8-16-13(19)10-7-12(18)17-11-6-4-3-5-9(10)11;/h3-6,10H,7-8,15H2,1-2H3,(H,16,19)(H,17,18);1H. The number of rotatable bonds is 3. The van der Waals surface area contributed by atoms with E-state index in [4.69, 9.17) is 5.73 Å². The van der Waals surface area contributed by atoms with Crippen LogP contribution in [-0.4, -0.2) is 23.9 Å². The van der Waals surface area contributed by atoms with Crippen LogP contribution in [0.5, 0.6) is 0 Å². The van der Waals surface area contributed by atoms with Crippen LogP contribution in [0, 0.1) is 0 Å². The average Bonchev–Trinajstić information content (AvgIpc) is 2.34. The summed E-state index contributed by atoms with van der Waals surface area (Å²) in [6.45, 7) is 4.07. The zero-order chi connectivity index (χ0) is 14.0. The molecule has 0 aromatic heterocycles. The Morgan fingerprint density at radius 1 is 1.45 bits per heavy atom. The Bertz CT molecular complexity index is 511. The van der Waals surface area contributed by atoms with Gasteiger partial charge in [0.2, 0.25) is 11.8 Å². The van der Waals surface area contributed by atoms with Crippen molar-refractivity contribution in [3.05, 3.63) is 29.8 Å². The molecule has 0 aliphatic carbocycles. The van der Waals surface area contributed by atoms with Crippen LogP contribution in [0.1, 0.15) is 31.7 Å². The summed E-state index contributed by atoms with van der Waals surface area (Å²) in [6, 6.07) is 7.37. The molecule has 1 aliphatic rings. The molecule has 0 spiro atoms. The normalized spacial score (nSPS) is 17.6. The van der Waals surface area contributed by atoms with E-state index in [1.165, 1.54) is 0 Å². The van der Waals surface area contributed by atoms with Crippen LogP contribution < -0.4 is 16.4 Å². The average molecular weight is 298 g/mol. The SMILES string of the molecule is CC(C)(N)CNC(=O)C1CC(=O)Nc2ccccc21.Cl. The highest BCUT2D eigenvalue weighted by atomic mass is 35.5. The molecule has 0 saturated heterocycles. The lowest BCUT2D eigenvalue weighted by Crippen LogP contribution is -2.47. The maximum absolute atomic E-state index is 12.2. The molecule has 1 heterocycles. The van der Waals surface area contributed by atoms with Gasteiger partial charge in [0.05, 0.1) is 5.92 Å². The number of hydrogen-bond acceptors (Lipinski definition) is 3. The summed E-state index contributed by atoms with van der Waals surface area (Å²) in [5, 5.41) is 5.58. The summed E-state index contributed by atoms with van der Waals surface area (Å²) >= 11 is 0. The van der Waals surface area contributed by atoms with E-state index < -0.39 is 11.5 Å². The molecule has 6 heteroatoms. The third-order valence-electron chi connectivity index (χ3n) is 3.03. The highest BCUT2D eigenvalue weighted by Crippen LogP contribution is 2.31. The first-order chi connectivity index (χ1) is 8.87. The minimum absolute atomic E-state index is 0.